The normalized spacial score (nSPS) is 34.9. The first-order chi connectivity index (χ1) is 22.4. The van der Waals surface area contributed by atoms with Gasteiger partial charge in [-0.15, -0.1) is 0 Å². The van der Waals surface area contributed by atoms with Crippen LogP contribution in [-0.4, -0.2) is 56.5 Å². The fourth-order valence-electron chi connectivity index (χ4n) is 8.45. The van der Waals surface area contributed by atoms with Crippen LogP contribution in [0.15, 0.2) is 43.0 Å². The Bertz CT molecular complexity index is 1380. The second-order valence-electron chi connectivity index (χ2n) is 14.5. The highest BCUT2D eigenvalue weighted by molar-refractivity contribution is 7.98. The van der Waals surface area contributed by atoms with Crippen molar-refractivity contribution >= 4 is 34.9 Å². The van der Waals surface area contributed by atoms with Crippen molar-refractivity contribution in [1.29, 1.82) is 0 Å². The molecule has 2 aromatic carbocycles. The van der Waals surface area contributed by atoms with Crippen molar-refractivity contribution in [2.75, 3.05) is 37.7 Å². The van der Waals surface area contributed by atoms with Crippen molar-refractivity contribution in [3.8, 4) is 5.75 Å². The van der Waals surface area contributed by atoms with E-state index in [1.54, 1.807) is 11.9 Å². The highest BCUT2D eigenvalue weighted by atomic mass is 35.5. The summed E-state index contributed by atoms with van der Waals surface area (Å²) in [4.78, 5) is 2.64. The molecule has 2 aromatic rings. The topological polar surface area (TPSA) is 55.0 Å². The maximum absolute atomic E-state index is 6.66. The summed E-state index contributed by atoms with van der Waals surface area (Å²) in [6, 6.07) is 13.1. The van der Waals surface area contributed by atoms with Crippen molar-refractivity contribution < 1.29 is 14.2 Å². The first-order valence-electron chi connectivity index (χ1n) is 17.8. The van der Waals surface area contributed by atoms with Crippen LogP contribution in [-0.2, 0) is 15.9 Å². The number of anilines is 1. The van der Waals surface area contributed by atoms with Crippen LogP contribution >= 0.6 is 23.5 Å². The van der Waals surface area contributed by atoms with Gasteiger partial charge in [0, 0.05) is 59.5 Å². The summed E-state index contributed by atoms with van der Waals surface area (Å²) in [6.45, 7) is 15.8. The van der Waals surface area contributed by atoms with Crippen LogP contribution in [0.1, 0.15) is 81.9 Å². The van der Waals surface area contributed by atoms with E-state index in [4.69, 9.17) is 25.8 Å². The second kappa shape index (κ2) is 14.3. The minimum Gasteiger partial charge on any atom is -0.491 e. The van der Waals surface area contributed by atoms with Crippen molar-refractivity contribution in [3.05, 3.63) is 64.7 Å². The van der Waals surface area contributed by atoms with Gasteiger partial charge in [0.2, 0.25) is 0 Å². The van der Waals surface area contributed by atoms with Gasteiger partial charge in [-0.1, -0.05) is 57.9 Å². The number of ether oxygens (including phenoxy) is 3. The molecule has 7 rings (SSSR count). The molecule has 2 saturated heterocycles. The van der Waals surface area contributed by atoms with Gasteiger partial charge in [-0.25, -0.2) is 0 Å². The summed E-state index contributed by atoms with van der Waals surface area (Å²) in [7, 11) is 0. The summed E-state index contributed by atoms with van der Waals surface area (Å²) < 4.78 is 23.6. The van der Waals surface area contributed by atoms with Gasteiger partial charge in [-0.3, -0.25) is 0 Å². The zero-order valence-electron chi connectivity index (χ0n) is 27.8. The summed E-state index contributed by atoms with van der Waals surface area (Å²) in [5, 5.41) is 4.74. The molecule has 46 heavy (non-hydrogen) atoms. The molecule has 0 radical (unpaired) electrons. The molecule has 4 heterocycles. The number of fused-ring (bicyclic) bond motifs is 3. The molecule has 6 nitrogen and oxygen atoms in total. The lowest BCUT2D eigenvalue weighted by Gasteiger charge is -2.46. The summed E-state index contributed by atoms with van der Waals surface area (Å²) in [5.74, 6) is 3.44. The number of hydrogen-bond donors (Lipinski definition) is 2. The molecule has 2 N–H and O–H groups in total. The van der Waals surface area contributed by atoms with Crippen LogP contribution in [0.2, 0.25) is 5.02 Å². The Kier molecular flexibility index (Phi) is 10.1. The first-order valence-corrected chi connectivity index (χ1v) is 19.1. The lowest BCUT2D eigenvalue weighted by Crippen LogP contribution is -2.46. The Morgan fingerprint density at radius 3 is 2.57 bits per heavy atom. The van der Waals surface area contributed by atoms with E-state index in [-0.39, 0.29) is 24.4 Å². The molecule has 8 unspecified atom stereocenters. The Hall–Kier alpha value is -1.90. The SMILES string of the molecule is C=C1NSC(C)C(C)CCCC(C2OC3CNCC3O2)C2CCC2CN2CC(c3ccc(Cl)cc3CCC)COc3ccc1cc32. The number of rotatable bonds is 4. The molecule has 250 valence electrons. The molecule has 3 fully saturated rings. The van der Waals surface area contributed by atoms with E-state index in [0.29, 0.717) is 35.5 Å². The molecule has 1 saturated carbocycles. The Morgan fingerprint density at radius 2 is 1.80 bits per heavy atom. The summed E-state index contributed by atoms with van der Waals surface area (Å²) in [6.07, 6.45) is 8.51. The maximum Gasteiger partial charge on any atom is 0.161 e. The quantitative estimate of drug-likeness (QED) is 0.321. The molecular weight excluding hydrogens is 614 g/mol. The minimum atomic E-state index is -0.0827. The van der Waals surface area contributed by atoms with Gasteiger partial charge in [0.25, 0.3) is 0 Å². The van der Waals surface area contributed by atoms with Crippen LogP contribution in [0.3, 0.4) is 0 Å². The van der Waals surface area contributed by atoms with Crippen LogP contribution in [0.5, 0.6) is 5.75 Å². The van der Waals surface area contributed by atoms with Gasteiger partial charge in [0.1, 0.15) is 18.0 Å². The monoisotopic (exact) mass is 665 g/mol. The number of nitrogens with zero attached hydrogens (tertiary/aromatic N) is 1. The van der Waals surface area contributed by atoms with E-state index < -0.39 is 0 Å². The number of benzene rings is 2. The van der Waals surface area contributed by atoms with Gasteiger partial charge in [-0.2, -0.15) is 0 Å². The third kappa shape index (κ3) is 6.82. The van der Waals surface area contributed by atoms with Crippen molar-refractivity contribution in [2.45, 2.75) is 95.4 Å². The number of hydrogen-bond acceptors (Lipinski definition) is 7. The van der Waals surface area contributed by atoms with Gasteiger partial charge in [-0.05, 0) is 103 Å². The van der Waals surface area contributed by atoms with Crippen LogP contribution in [0.25, 0.3) is 5.70 Å². The largest absolute Gasteiger partial charge is 0.491 e. The third-order valence-corrected chi connectivity index (χ3v) is 12.9. The molecule has 2 bridgehead atoms. The molecule has 0 aromatic heterocycles. The summed E-state index contributed by atoms with van der Waals surface area (Å²) >= 11 is 8.30. The standard InChI is InChI=1S/C38H52ClN3O3S/c1-5-7-27-16-30(39)12-14-31(27)29-21-42-20-28-10-13-32(28)33(38-44-36-18-40-19-37(36)45-38)9-6-8-23(2)25(4)46-41-24(3)26-11-15-35(43-22-29)34(42)17-26/h11-12,14-17,23,25,28-29,32-33,36-38,40-41H,3,5-10,13,18-22H2,1-2,4H3. The van der Waals surface area contributed by atoms with Crippen molar-refractivity contribution in [3.63, 3.8) is 0 Å². The molecule has 8 heteroatoms. The van der Waals surface area contributed by atoms with Gasteiger partial charge >= 0.3 is 0 Å². The predicted molar refractivity (Wildman–Crippen MR) is 191 cm³/mol. The second-order valence-corrected chi connectivity index (χ2v) is 16.2. The van der Waals surface area contributed by atoms with Crippen LogP contribution in [0.4, 0.5) is 5.69 Å². The van der Waals surface area contributed by atoms with E-state index in [0.717, 1.165) is 67.5 Å². The molecule has 5 aliphatic rings. The van der Waals surface area contributed by atoms with E-state index >= 15 is 0 Å². The molecule has 0 spiro atoms. The van der Waals surface area contributed by atoms with E-state index in [9.17, 15) is 0 Å². The molecule has 8 atom stereocenters. The smallest absolute Gasteiger partial charge is 0.161 e. The Morgan fingerprint density at radius 1 is 0.978 bits per heavy atom. The summed E-state index contributed by atoms with van der Waals surface area (Å²) in [5.41, 5.74) is 5.98. The third-order valence-electron chi connectivity index (χ3n) is 11.5. The highest BCUT2D eigenvalue weighted by Crippen LogP contribution is 2.48. The van der Waals surface area contributed by atoms with Crippen molar-refractivity contribution in [2.24, 2.45) is 23.7 Å². The van der Waals surface area contributed by atoms with Gasteiger partial charge in [0.15, 0.2) is 6.29 Å². The zero-order valence-corrected chi connectivity index (χ0v) is 29.4. The Labute approximate surface area is 285 Å². The number of halogens is 1. The molecular formula is C38H52ClN3O3S. The fraction of sp³-hybridized carbons (Fsp3) is 0.632. The Balaban J connectivity index is 1.22. The maximum atomic E-state index is 6.66. The van der Waals surface area contributed by atoms with E-state index in [1.165, 1.54) is 42.5 Å². The highest BCUT2D eigenvalue weighted by Gasteiger charge is 2.48. The zero-order chi connectivity index (χ0) is 31.8. The van der Waals surface area contributed by atoms with Crippen LogP contribution in [0, 0.1) is 23.7 Å². The number of nitrogens with one attached hydrogen (secondary N) is 2. The van der Waals surface area contributed by atoms with E-state index in [1.807, 2.05) is 0 Å². The average Bonchev–Trinajstić information content (AvgIpc) is 3.60. The fourth-order valence-corrected chi connectivity index (χ4v) is 9.46. The average molecular weight is 666 g/mol. The van der Waals surface area contributed by atoms with E-state index in [2.05, 4.69) is 78.7 Å². The lowest BCUT2D eigenvalue weighted by molar-refractivity contribution is -0.141. The predicted octanol–water partition coefficient (Wildman–Crippen LogP) is 8.05. The van der Waals surface area contributed by atoms with Crippen molar-refractivity contribution in [1.82, 2.24) is 10.0 Å². The molecule has 1 aliphatic carbocycles. The number of aryl methyl sites for hydroxylation is 1. The van der Waals surface area contributed by atoms with Gasteiger partial charge in [0.05, 0.1) is 12.3 Å². The van der Waals surface area contributed by atoms with Crippen LogP contribution < -0.4 is 19.7 Å². The van der Waals surface area contributed by atoms with Gasteiger partial charge < -0.3 is 29.1 Å². The molecule has 0 amide bonds. The molecule has 4 aliphatic heterocycles. The lowest BCUT2D eigenvalue weighted by atomic mass is 9.65. The minimum absolute atomic E-state index is 0.0827. The first kappa shape index (κ1) is 32.6.